The molecular weight excluding hydrogens is 326 g/mol. The third kappa shape index (κ3) is 3.76. The van der Waals surface area contributed by atoms with Crippen molar-refractivity contribution >= 4 is 43.6 Å². The van der Waals surface area contributed by atoms with Crippen LogP contribution in [0.4, 0.5) is 0 Å². The summed E-state index contributed by atoms with van der Waals surface area (Å²) < 4.78 is 1.55. The highest BCUT2D eigenvalue weighted by molar-refractivity contribution is 9.11. The van der Waals surface area contributed by atoms with Gasteiger partial charge < -0.3 is 5.73 Å². The van der Waals surface area contributed by atoms with Gasteiger partial charge in [0.2, 0.25) is 5.91 Å². The molecular formula is C10H9Br2NO2. The molecule has 15 heavy (non-hydrogen) atoms. The standard InChI is InChI=1S/C10H9Br2NO2/c11-6-1-2-8(12)7(5-6)9(14)3-4-10(13)15/h1-2,5H,3-4H2,(H2,13,15). The molecule has 0 aliphatic heterocycles. The lowest BCUT2D eigenvalue weighted by atomic mass is 10.1. The zero-order valence-corrected chi connectivity index (χ0v) is 11.0. The van der Waals surface area contributed by atoms with Gasteiger partial charge >= 0.3 is 0 Å². The quantitative estimate of drug-likeness (QED) is 0.860. The molecule has 0 radical (unpaired) electrons. The van der Waals surface area contributed by atoms with Crippen molar-refractivity contribution in [1.29, 1.82) is 0 Å². The van der Waals surface area contributed by atoms with E-state index < -0.39 is 5.91 Å². The molecule has 1 aromatic rings. The van der Waals surface area contributed by atoms with Crippen LogP contribution in [-0.2, 0) is 4.79 Å². The highest BCUT2D eigenvalue weighted by Gasteiger charge is 2.11. The maximum atomic E-state index is 11.7. The van der Waals surface area contributed by atoms with E-state index in [1.165, 1.54) is 0 Å². The molecule has 1 aromatic carbocycles. The summed E-state index contributed by atoms with van der Waals surface area (Å²) in [4.78, 5) is 22.2. The molecule has 0 aliphatic rings. The van der Waals surface area contributed by atoms with E-state index in [0.717, 1.165) is 8.95 Å². The zero-order valence-electron chi connectivity index (χ0n) is 7.80. The molecule has 0 fully saturated rings. The van der Waals surface area contributed by atoms with Gasteiger partial charge in [0.15, 0.2) is 5.78 Å². The number of carbonyl (C=O) groups is 2. The van der Waals surface area contributed by atoms with E-state index in [9.17, 15) is 9.59 Å². The van der Waals surface area contributed by atoms with Crippen molar-refractivity contribution in [3.63, 3.8) is 0 Å². The normalized spacial score (nSPS) is 10.0. The van der Waals surface area contributed by atoms with Crippen LogP contribution in [0.5, 0.6) is 0 Å². The predicted octanol–water partition coefficient (Wildman–Crippen LogP) is 2.66. The van der Waals surface area contributed by atoms with Gasteiger partial charge in [0, 0.05) is 27.4 Å². The van der Waals surface area contributed by atoms with Gasteiger partial charge in [-0.2, -0.15) is 0 Å². The van der Waals surface area contributed by atoms with Gasteiger partial charge in [0.1, 0.15) is 0 Å². The maximum absolute atomic E-state index is 11.7. The molecule has 0 unspecified atom stereocenters. The molecule has 0 aliphatic carbocycles. The van der Waals surface area contributed by atoms with E-state index in [2.05, 4.69) is 31.9 Å². The number of primary amides is 1. The van der Waals surface area contributed by atoms with Gasteiger partial charge in [-0.05, 0) is 18.2 Å². The molecule has 0 saturated carbocycles. The molecule has 2 N–H and O–H groups in total. The Labute approximate surface area is 104 Å². The summed E-state index contributed by atoms with van der Waals surface area (Å²) in [6, 6.07) is 5.32. The third-order valence-electron chi connectivity index (χ3n) is 1.83. The molecule has 5 heteroatoms. The Hall–Kier alpha value is -0.680. The first kappa shape index (κ1) is 12.4. The molecule has 0 aromatic heterocycles. The predicted molar refractivity (Wildman–Crippen MR) is 64.6 cm³/mol. The molecule has 0 atom stereocenters. The van der Waals surface area contributed by atoms with E-state index >= 15 is 0 Å². The number of rotatable bonds is 4. The van der Waals surface area contributed by atoms with Crippen LogP contribution in [0, 0.1) is 0 Å². The molecule has 3 nitrogen and oxygen atoms in total. The number of hydrogen-bond donors (Lipinski definition) is 1. The van der Waals surface area contributed by atoms with Gasteiger partial charge in [0.25, 0.3) is 0 Å². The topological polar surface area (TPSA) is 60.2 Å². The summed E-state index contributed by atoms with van der Waals surface area (Å²) in [6.07, 6.45) is 0.224. The Bertz CT molecular complexity index is 404. The minimum atomic E-state index is -0.463. The van der Waals surface area contributed by atoms with Gasteiger partial charge in [-0.3, -0.25) is 9.59 Å². The van der Waals surface area contributed by atoms with Crippen LogP contribution in [0.3, 0.4) is 0 Å². The third-order valence-corrected chi connectivity index (χ3v) is 3.01. The van der Waals surface area contributed by atoms with Crippen LogP contribution in [0.1, 0.15) is 23.2 Å². The van der Waals surface area contributed by atoms with Crippen LogP contribution in [-0.4, -0.2) is 11.7 Å². The van der Waals surface area contributed by atoms with E-state index in [1.54, 1.807) is 12.1 Å². The van der Waals surface area contributed by atoms with Crippen molar-refractivity contribution in [1.82, 2.24) is 0 Å². The fourth-order valence-electron chi connectivity index (χ4n) is 1.08. The van der Waals surface area contributed by atoms with E-state index in [0.29, 0.717) is 5.56 Å². The number of hydrogen-bond acceptors (Lipinski definition) is 2. The van der Waals surface area contributed by atoms with E-state index in [-0.39, 0.29) is 18.6 Å². The lowest BCUT2D eigenvalue weighted by Gasteiger charge is -2.03. The second kappa shape index (κ2) is 5.42. The molecule has 0 bridgehead atoms. The van der Waals surface area contributed by atoms with Crippen LogP contribution in [0.15, 0.2) is 27.1 Å². The fourth-order valence-corrected chi connectivity index (χ4v) is 1.91. The lowest BCUT2D eigenvalue weighted by molar-refractivity contribution is -0.118. The van der Waals surface area contributed by atoms with Crippen LogP contribution in [0.25, 0.3) is 0 Å². The number of halogens is 2. The molecule has 1 amide bonds. The molecule has 80 valence electrons. The first-order valence-corrected chi connectivity index (χ1v) is 5.86. The molecule has 0 spiro atoms. The van der Waals surface area contributed by atoms with Crippen molar-refractivity contribution in [2.75, 3.05) is 0 Å². The minimum absolute atomic E-state index is 0.0811. The second-order valence-corrected chi connectivity index (χ2v) is 4.78. The van der Waals surface area contributed by atoms with E-state index in [4.69, 9.17) is 5.73 Å². The van der Waals surface area contributed by atoms with Crippen molar-refractivity contribution in [2.45, 2.75) is 12.8 Å². The minimum Gasteiger partial charge on any atom is -0.370 e. The number of Topliss-reactive ketones (excluding diaryl/α,β-unsaturated/α-hetero) is 1. The second-order valence-electron chi connectivity index (χ2n) is 3.01. The van der Waals surface area contributed by atoms with Crippen molar-refractivity contribution < 1.29 is 9.59 Å². The van der Waals surface area contributed by atoms with Gasteiger partial charge in [-0.15, -0.1) is 0 Å². The van der Waals surface area contributed by atoms with Crippen LogP contribution < -0.4 is 5.73 Å². The van der Waals surface area contributed by atoms with Gasteiger partial charge in [-0.25, -0.2) is 0 Å². The summed E-state index contributed by atoms with van der Waals surface area (Å²) >= 11 is 6.56. The number of ketones is 1. The highest BCUT2D eigenvalue weighted by Crippen LogP contribution is 2.23. The highest BCUT2D eigenvalue weighted by atomic mass is 79.9. The summed E-state index contributed by atoms with van der Waals surface area (Å²) in [5.74, 6) is -0.559. The number of benzene rings is 1. The smallest absolute Gasteiger partial charge is 0.217 e. The summed E-state index contributed by atoms with van der Waals surface area (Å²) in [7, 11) is 0. The first-order chi connectivity index (χ1) is 7.00. The SMILES string of the molecule is NC(=O)CCC(=O)c1cc(Br)ccc1Br. The average molecular weight is 335 g/mol. The Morgan fingerprint density at radius 2 is 1.87 bits per heavy atom. The number of nitrogens with two attached hydrogens (primary N) is 1. The molecule has 0 heterocycles. The lowest BCUT2D eigenvalue weighted by Crippen LogP contribution is -2.13. The summed E-state index contributed by atoms with van der Waals surface area (Å²) in [5.41, 5.74) is 5.54. The van der Waals surface area contributed by atoms with Gasteiger partial charge in [0.05, 0.1) is 0 Å². The van der Waals surface area contributed by atoms with E-state index in [1.807, 2.05) is 6.07 Å². The number of carbonyl (C=O) groups excluding carboxylic acids is 2. The first-order valence-electron chi connectivity index (χ1n) is 4.27. The Morgan fingerprint density at radius 3 is 2.47 bits per heavy atom. The van der Waals surface area contributed by atoms with Crippen molar-refractivity contribution in [3.05, 3.63) is 32.7 Å². The monoisotopic (exact) mass is 333 g/mol. The maximum Gasteiger partial charge on any atom is 0.217 e. The summed E-state index contributed by atoms with van der Waals surface area (Å²) in [5, 5.41) is 0. The Kier molecular flexibility index (Phi) is 4.47. The Balaban J connectivity index is 2.81. The zero-order chi connectivity index (χ0) is 11.4. The van der Waals surface area contributed by atoms with Crippen molar-refractivity contribution in [2.24, 2.45) is 5.73 Å². The average Bonchev–Trinajstić information content (AvgIpc) is 2.18. The molecule has 0 saturated heterocycles. The summed E-state index contributed by atoms with van der Waals surface area (Å²) in [6.45, 7) is 0. The number of amides is 1. The molecule has 1 rings (SSSR count). The van der Waals surface area contributed by atoms with Gasteiger partial charge in [-0.1, -0.05) is 31.9 Å². The van der Waals surface area contributed by atoms with Crippen molar-refractivity contribution in [3.8, 4) is 0 Å². The Morgan fingerprint density at radius 1 is 1.20 bits per heavy atom. The largest absolute Gasteiger partial charge is 0.370 e. The van der Waals surface area contributed by atoms with Crippen LogP contribution >= 0.6 is 31.9 Å². The van der Waals surface area contributed by atoms with Crippen LogP contribution in [0.2, 0.25) is 0 Å². The fraction of sp³-hybridized carbons (Fsp3) is 0.200.